The van der Waals surface area contributed by atoms with Crippen LogP contribution in [-0.2, 0) is 20.1 Å². The molecule has 0 bridgehead atoms. The first-order chi connectivity index (χ1) is 10.9. The first-order valence-electron chi connectivity index (χ1n) is 7.61. The Balaban J connectivity index is 0.00000288. The molecular weight excluding hydrogens is 481 g/mol. The van der Waals surface area contributed by atoms with Crippen molar-refractivity contribution in [3.63, 3.8) is 0 Å². The Hall–Kier alpha value is -1.09. The van der Waals surface area contributed by atoms with Crippen molar-refractivity contribution in [3.05, 3.63) is 50.8 Å². The predicted octanol–water partition coefficient (Wildman–Crippen LogP) is 3.59. The van der Waals surface area contributed by atoms with Gasteiger partial charge in [0.25, 0.3) is 0 Å². The van der Waals surface area contributed by atoms with E-state index in [9.17, 15) is 0 Å². The molecule has 0 aliphatic heterocycles. The Kier molecular flexibility index (Phi) is 8.21. The molecule has 0 radical (unpaired) electrons. The number of aliphatic imine (C=N–C) groups is 1. The van der Waals surface area contributed by atoms with Gasteiger partial charge in [-0.1, -0.05) is 22.0 Å². The van der Waals surface area contributed by atoms with Crippen LogP contribution in [0.1, 0.15) is 28.1 Å². The van der Waals surface area contributed by atoms with Crippen LogP contribution in [0.2, 0.25) is 0 Å². The maximum Gasteiger partial charge on any atom is 0.191 e. The molecule has 1 aromatic carbocycles. The molecule has 2 aromatic rings. The van der Waals surface area contributed by atoms with Gasteiger partial charge in [-0.25, -0.2) is 0 Å². The molecule has 132 valence electrons. The maximum absolute atomic E-state index is 4.44. The Bertz CT molecular complexity index is 724. The number of aromatic nitrogens is 2. The molecule has 0 spiro atoms. The first kappa shape index (κ1) is 21.0. The maximum atomic E-state index is 4.44. The number of benzene rings is 1. The van der Waals surface area contributed by atoms with Gasteiger partial charge in [-0.3, -0.25) is 9.67 Å². The molecular formula is C17H25BrIN5. The molecule has 0 aliphatic carbocycles. The summed E-state index contributed by atoms with van der Waals surface area (Å²) in [4.78, 5) is 4.29. The highest BCUT2D eigenvalue weighted by atomic mass is 127. The highest BCUT2D eigenvalue weighted by molar-refractivity contribution is 14.0. The number of aryl methyl sites for hydroxylation is 3. The number of nitrogens with zero attached hydrogens (tertiary/aromatic N) is 3. The molecule has 0 fully saturated rings. The SMILES string of the molecule is CN=C(NCc1ccc(Br)cc1C)NCc1c(C)nn(C)c1C.I. The molecule has 2 N–H and O–H groups in total. The van der Waals surface area contributed by atoms with Crippen LogP contribution in [0.4, 0.5) is 0 Å². The Morgan fingerprint density at radius 2 is 1.88 bits per heavy atom. The summed E-state index contributed by atoms with van der Waals surface area (Å²) in [6.45, 7) is 7.68. The minimum Gasteiger partial charge on any atom is -0.352 e. The van der Waals surface area contributed by atoms with Crippen molar-refractivity contribution in [1.82, 2.24) is 20.4 Å². The van der Waals surface area contributed by atoms with Crippen LogP contribution in [0.5, 0.6) is 0 Å². The average Bonchev–Trinajstić information content (AvgIpc) is 2.74. The predicted molar refractivity (Wildman–Crippen MR) is 114 cm³/mol. The van der Waals surface area contributed by atoms with E-state index in [-0.39, 0.29) is 24.0 Å². The normalized spacial score (nSPS) is 11.2. The van der Waals surface area contributed by atoms with Crippen molar-refractivity contribution in [1.29, 1.82) is 0 Å². The zero-order chi connectivity index (χ0) is 17.0. The summed E-state index contributed by atoms with van der Waals surface area (Å²) in [5.74, 6) is 0.787. The van der Waals surface area contributed by atoms with E-state index >= 15 is 0 Å². The van der Waals surface area contributed by atoms with E-state index in [4.69, 9.17) is 0 Å². The van der Waals surface area contributed by atoms with Crippen molar-refractivity contribution in [2.75, 3.05) is 7.05 Å². The third-order valence-corrected chi connectivity index (χ3v) is 4.56. The van der Waals surface area contributed by atoms with Crippen LogP contribution >= 0.6 is 39.9 Å². The molecule has 0 amide bonds. The van der Waals surface area contributed by atoms with Gasteiger partial charge in [0.1, 0.15) is 0 Å². The molecule has 2 rings (SSSR count). The summed E-state index contributed by atoms with van der Waals surface area (Å²) in [6.07, 6.45) is 0. The smallest absolute Gasteiger partial charge is 0.191 e. The first-order valence-corrected chi connectivity index (χ1v) is 8.40. The topological polar surface area (TPSA) is 54.2 Å². The number of hydrogen-bond donors (Lipinski definition) is 2. The second-order valence-electron chi connectivity index (χ2n) is 5.62. The Morgan fingerprint density at radius 3 is 2.42 bits per heavy atom. The van der Waals surface area contributed by atoms with E-state index in [2.05, 4.69) is 68.7 Å². The van der Waals surface area contributed by atoms with E-state index in [1.54, 1.807) is 7.05 Å². The van der Waals surface area contributed by atoms with Crippen molar-refractivity contribution in [2.24, 2.45) is 12.0 Å². The van der Waals surface area contributed by atoms with Crippen LogP contribution in [0.15, 0.2) is 27.7 Å². The van der Waals surface area contributed by atoms with Crippen LogP contribution in [-0.4, -0.2) is 22.8 Å². The lowest BCUT2D eigenvalue weighted by molar-refractivity contribution is 0.728. The van der Waals surface area contributed by atoms with Crippen LogP contribution in [0, 0.1) is 20.8 Å². The molecule has 0 atom stereocenters. The number of rotatable bonds is 4. The van der Waals surface area contributed by atoms with Crippen LogP contribution in [0.3, 0.4) is 0 Å². The van der Waals surface area contributed by atoms with E-state index in [1.807, 2.05) is 18.7 Å². The lowest BCUT2D eigenvalue weighted by atomic mass is 10.1. The zero-order valence-corrected chi connectivity index (χ0v) is 18.7. The lowest BCUT2D eigenvalue weighted by Crippen LogP contribution is -2.36. The summed E-state index contributed by atoms with van der Waals surface area (Å²) in [5.41, 5.74) is 5.95. The largest absolute Gasteiger partial charge is 0.352 e. The summed E-state index contributed by atoms with van der Waals surface area (Å²) in [6, 6.07) is 6.30. The molecule has 1 heterocycles. The van der Waals surface area contributed by atoms with Crippen molar-refractivity contribution < 1.29 is 0 Å². The molecule has 0 saturated carbocycles. The highest BCUT2D eigenvalue weighted by Crippen LogP contribution is 2.15. The second-order valence-corrected chi connectivity index (χ2v) is 6.54. The van der Waals surface area contributed by atoms with Crippen LogP contribution in [0.25, 0.3) is 0 Å². The van der Waals surface area contributed by atoms with E-state index in [0.717, 1.165) is 22.7 Å². The number of guanidine groups is 1. The number of nitrogens with one attached hydrogen (secondary N) is 2. The summed E-state index contributed by atoms with van der Waals surface area (Å²) in [7, 11) is 3.75. The zero-order valence-electron chi connectivity index (χ0n) is 14.8. The Morgan fingerprint density at radius 1 is 1.21 bits per heavy atom. The molecule has 5 nitrogen and oxygen atoms in total. The average molecular weight is 506 g/mol. The second kappa shape index (κ2) is 9.41. The third kappa shape index (κ3) is 5.20. The summed E-state index contributed by atoms with van der Waals surface area (Å²) >= 11 is 3.49. The quantitative estimate of drug-likeness (QED) is 0.379. The molecule has 24 heavy (non-hydrogen) atoms. The van der Waals surface area contributed by atoms with Crippen molar-refractivity contribution in [2.45, 2.75) is 33.9 Å². The standard InChI is InChI=1S/C17H24BrN5.HI/c1-11-8-15(18)7-6-14(11)9-20-17(19-4)21-10-16-12(2)22-23(5)13(16)3;/h6-8H,9-10H2,1-5H3,(H2,19,20,21);1H. The fraction of sp³-hybridized carbons (Fsp3) is 0.412. The van der Waals surface area contributed by atoms with E-state index in [0.29, 0.717) is 6.54 Å². The minimum absolute atomic E-state index is 0. The van der Waals surface area contributed by atoms with Crippen molar-refractivity contribution >= 4 is 45.9 Å². The lowest BCUT2D eigenvalue weighted by Gasteiger charge is -2.13. The van der Waals surface area contributed by atoms with Gasteiger partial charge in [-0.15, -0.1) is 24.0 Å². The molecule has 0 saturated heterocycles. The molecule has 0 aliphatic rings. The van der Waals surface area contributed by atoms with Gasteiger partial charge in [0.15, 0.2) is 5.96 Å². The van der Waals surface area contributed by atoms with Crippen molar-refractivity contribution in [3.8, 4) is 0 Å². The van der Waals surface area contributed by atoms with Gasteiger partial charge >= 0.3 is 0 Å². The van der Waals surface area contributed by atoms with E-state index in [1.165, 1.54) is 22.4 Å². The van der Waals surface area contributed by atoms with Gasteiger partial charge in [0, 0.05) is 42.9 Å². The summed E-state index contributed by atoms with van der Waals surface area (Å²) < 4.78 is 3.01. The molecule has 7 heteroatoms. The summed E-state index contributed by atoms with van der Waals surface area (Å²) in [5, 5.41) is 11.2. The van der Waals surface area contributed by atoms with E-state index < -0.39 is 0 Å². The molecule has 1 aromatic heterocycles. The van der Waals surface area contributed by atoms with Gasteiger partial charge < -0.3 is 10.6 Å². The minimum atomic E-state index is 0. The number of halogens is 2. The highest BCUT2D eigenvalue weighted by Gasteiger charge is 2.09. The monoisotopic (exact) mass is 505 g/mol. The van der Waals surface area contributed by atoms with Gasteiger partial charge in [0.2, 0.25) is 0 Å². The van der Waals surface area contributed by atoms with Gasteiger partial charge in [0.05, 0.1) is 5.69 Å². The Labute approximate surface area is 169 Å². The fourth-order valence-corrected chi connectivity index (χ4v) is 2.98. The van der Waals surface area contributed by atoms with Gasteiger partial charge in [-0.05, 0) is 44.0 Å². The molecule has 0 unspecified atom stereocenters. The van der Waals surface area contributed by atoms with Gasteiger partial charge in [-0.2, -0.15) is 5.10 Å². The van der Waals surface area contributed by atoms with Crippen LogP contribution < -0.4 is 10.6 Å². The number of hydrogen-bond acceptors (Lipinski definition) is 2. The third-order valence-electron chi connectivity index (χ3n) is 4.07. The fourth-order valence-electron chi connectivity index (χ4n) is 2.50.